The molecule has 0 spiro atoms. The highest BCUT2D eigenvalue weighted by atomic mass is 35.5. The summed E-state index contributed by atoms with van der Waals surface area (Å²) in [6.07, 6.45) is -11.8. The molecule has 0 aliphatic carbocycles. The van der Waals surface area contributed by atoms with Crippen molar-refractivity contribution >= 4 is 41.1 Å². The van der Waals surface area contributed by atoms with Crippen molar-refractivity contribution in [2.24, 2.45) is 5.73 Å². The maximum absolute atomic E-state index is 14.8. The molecule has 0 saturated heterocycles. The third-order valence-electron chi connectivity index (χ3n) is 5.37. The predicted octanol–water partition coefficient (Wildman–Crippen LogP) is 5.22. The van der Waals surface area contributed by atoms with Crippen LogP contribution in [-0.2, 0) is 25.6 Å². The van der Waals surface area contributed by atoms with Crippen LogP contribution in [0.5, 0.6) is 5.75 Å². The van der Waals surface area contributed by atoms with Crippen molar-refractivity contribution in [2.75, 3.05) is 32.6 Å². The second-order valence-electron chi connectivity index (χ2n) is 9.80. The molecule has 290 valence electrons. The van der Waals surface area contributed by atoms with Crippen molar-refractivity contribution in [3.63, 3.8) is 0 Å². The molecule has 1 heterocycles. The lowest BCUT2D eigenvalue weighted by Gasteiger charge is -2.18. The number of aromatic nitrogens is 2. The molecule has 3 rings (SSSR count). The van der Waals surface area contributed by atoms with Gasteiger partial charge in [0.05, 0.1) is 17.9 Å². The highest BCUT2D eigenvalue weighted by Gasteiger charge is 2.39. The molecular formula is C28H28ClF10N5O8. The molecule has 3 aromatic rings. The zero-order valence-corrected chi connectivity index (χ0v) is 27.1. The quantitative estimate of drug-likeness (QED) is 0.155. The van der Waals surface area contributed by atoms with Crippen molar-refractivity contribution < 1.29 is 83.1 Å². The van der Waals surface area contributed by atoms with Crippen LogP contribution in [0, 0.1) is 5.82 Å². The van der Waals surface area contributed by atoms with E-state index in [2.05, 4.69) is 15.5 Å². The molecule has 1 aromatic heterocycles. The van der Waals surface area contributed by atoms with Gasteiger partial charge in [0.2, 0.25) is 5.91 Å². The number of hydrogen-bond donors (Lipinski definition) is 6. The fraction of sp³-hybridized carbons (Fsp3) is 0.321. The summed E-state index contributed by atoms with van der Waals surface area (Å²) in [7, 11) is 3.84. The number of nitrogens with zero attached hydrogens (tertiary/aromatic N) is 2. The number of carboxylic acids is 3. The Morgan fingerprint density at radius 2 is 1.37 bits per heavy atom. The fourth-order valence-corrected chi connectivity index (χ4v) is 3.05. The minimum atomic E-state index is -5.08. The SMILES string of the molecule is CN(C)CCOc1cc(-c2cn[nH]c2)c(F)cc1NC(=O)[C@H](N)Cc1ccc(Cl)cc1.O=C(O)C(F)(F)F.O=C(O)C(F)(F)F.O=C(O)C(F)(F)F. The van der Waals surface area contributed by atoms with Gasteiger partial charge in [-0.2, -0.15) is 44.6 Å². The fourth-order valence-electron chi connectivity index (χ4n) is 2.92. The van der Waals surface area contributed by atoms with Gasteiger partial charge >= 0.3 is 36.4 Å². The van der Waals surface area contributed by atoms with Crippen molar-refractivity contribution in [3.05, 3.63) is 65.2 Å². The number of halogens is 11. The second kappa shape index (κ2) is 20.6. The zero-order chi connectivity index (χ0) is 40.6. The van der Waals surface area contributed by atoms with Crippen LogP contribution in [0.3, 0.4) is 0 Å². The van der Waals surface area contributed by atoms with Crippen LogP contribution in [0.25, 0.3) is 11.1 Å². The number of carboxylic acid groups (broad SMARTS) is 3. The van der Waals surface area contributed by atoms with Crippen LogP contribution in [-0.4, -0.2) is 106 Å². The van der Waals surface area contributed by atoms with Crippen LogP contribution in [0.1, 0.15) is 5.56 Å². The molecule has 0 unspecified atom stereocenters. The summed E-state index contributed by atoms with van der Waals surface area (Å²) in [4.78, 5) is 41.3. The second-order valence-corrected chi connectivity index (χ2v) is 10.2. The number of nitrogens with one attached hydrogen (secondary N) is 2. The normalized spacial score (nSPS) is 11.8. The number of alkyl halides is 9. The molecule has 1 atom stereocenters. The maximum Gasteiger partial charge on any atom is 0.490 e. The van der Waals surface area contributed by atoms with Crippen LogP contribution < -0.4 is 15.8 Å². The Hall–Kier alpha value is -5.16. The molecule has 2 aromatic carbocycles. The van der Waals surface area contributed by atoms with Crippen LogP contribution in [0.4, 0.5) is 49.6 Å². The van der Waals surface area contributed by atoms with Crippen molar-refractivity contribution in [1.29, 1.82) is 0 Å². The van der Waals surface area contributed by atoms with Gasteiger partial charge in [-0.25, -0.2) is 18.8 Å². The third-order valence-corrected chi connectivity index (χ3v) is 5.62. The first-order valence-electron chi connectivity index (χ1n) is 13.5. The summed E-state index contributed by atoms with van der Waals surface area (Å²) in [5.41, 5.74) is 8.06. The molecule has 0 radical (unpaired) electrons. The molecule has 13 nitrogen and oxygen atoms in total. The van der Waals surface area contributed by atoms with Gasteiger partial charge in [0.15, 0.2) is 0 Å². The van der Waals surface area contributed by atoms with Gasteiger partial charge in [-0.15, -0.1) is 0 Å². The summed E-state index contributed by atoms with van der Waals surface area (Å²) in [5, 5.41) is 31.2. The van der Waals surface area contributed by atoms with Gasteiger partial charge in [-0.05, 0) is 44.3 Å². The van der Waals surface area contributed by atoms with E-state index in [4.69, 9.17) is 51.8 Å². The van der Waals surface area contributed by atoms with Gasteiger partial charge in [0, 0.05) is 35.0 Å². The summed E-state index contributed by atoms with van der Waals surface area (Å²) >= 11 is 5.89. The minimum Gasteiger partial charge on any atom is -0.490 e. The summed E-state index contributed by atoms with van der Waals surface area (Å²) < 4.78 is 116. The Morgan fingerprint density at radius 1 is 0.904 bits per heavy atom. The van der Waals surface area contributed by atoms with E-state index in [0.717, 1.165) is 5.56 Å². The van der Waals surface area contributed by atoms with E-state index in [1.807, 2.05) is 31.1 Å². The topological polar surface area (TPSA) is 208 Å². The number of likely N-dealkylation sites (N-methyl/N-ethyl adjacent to an activating group) is 1. The van der Waals surface area contributed by atoms with E-state index in [9.17, 15) is 48.7 Å². The van der Waals surface area contributed by atoms with Crippen molar-refractivity contribution in [3.8, 4) is 16.9 Å². The lowest BCUT2D eigenvalue weighted by atomic mass is 10.1. The van der Waals surface area contributed by atoms with E-state index >= 15 is 0 Å². The number of aromatic amines is 1. The average molecular weight is 788 g/mol. The van der Waals surface area contributed by atoms with Crippen molar-refractivity contribution in [1.82, 2.24) is 15.1 Å². The first kappa shape index (κ1) is 46.8. The number of carbonyl (C=O) groups excluding carboxylic acids is 1. The maximum atomic E-state index is 14.8. The van der Waals surface area contributed by atoms with E-state index < -0.39 is 54.2 Å². The van der Waals surface area contributed by atoms with Gasteiger partial charge in [0.25, 0.3) is 0 Å². The standard InChI is InChI=1S/C22H25ClFN5O2.3C2HF3O2/c1-29(2)7-8-31-21-10-17(15-12-26-27-13-15)18(24)11-20(21)28-22(30)19(25)9-14-3-5-16(23)6-4-14;3*3-2(4,5)1(6)7/h3-6,10-13,19H,7-9,25H2,1-2H3,(H,26,27)(H,28,30);3*(H,6,7)/t19-;;;/m1.../s1. The molecule has 7 N–H and O–H groups in total. The molecule has 0 bridgehead atoms. The molecule has 0 aliphatic rings. The predicted molar refractivity (Wildman–Crippen MR) is 161 cm³/mol. The minimum absolute atomic E-state index is 0.222. The molecule has 0 saturated carbocycles. The molecule has 24 heteroatoms. The first-order chi connectivity index (χ1) is 23.7. The Kier molecular flexibility index (Phi) is 18.6. The molecule has 0 aliphatic heterocycles. The van der Waals surface area contributed by atoms with E-state index in [-0.39, 0.29) is 5.69 Å². The molecular weight excluding hydrogens is 760 g/mol. The van der Waals surface area contributed by atoms with Gasteiger partial charge in [0.1, 0.15) is 18.2 Å². The number of benzene rings is 2. The Morgan fingerprint density at radius 3 is 1.75 bits per heavy atom. The monoisotopic (exact) mass is 787 g/mol. The van der Waals surface area contributed by atoms with Crippen LogP contribution in [0.2, 0.25) is 5.02 Å². The molecule has 0 fully saturated rings. The third kappa shape index (κ3) is 18.7. The Balaban J connectivity index is 0.00000101. The number of amides is 1. The van der Waals surface area contributed by atoms with Gasteiger partial charge in [-0.3, -0.25) is 9.89 Å². The number of carbonyl (C=O) groups is 4. The van der Waals surface area contributed by atoms with Crippen LogP contribution in [0.15, 0.2) is 48.8 Å². The number of aliphatic carboxylic acids is 3. The van der Waals surface area contributed by atoms with Crippen LogP contribution >= 0.6 is 11.6 Å². The Bertz CT molecular complexity index is 1550. The van der Waals surface area contributed by atoms with E-state index in [1.165, 1.54) is 12.3 Å². The highest BCUT2D eigenvalue weighted by molar-refractivity contribution is 6.30. The zero-order valence-electron chi connectivity index (χ0n) is 26.3. The number of hydrogen-bond acceptors (Lipinski definition) is 8. The lowest BCUT2D eigenvalue weighted by Crippen LogP contribution is -2.37. The Labute approximate surface area is 290 Å². The average Bonchev–Trinajstić information content (AvgIpc) is 3.53. The smallest absolute Gasteiger partial charge is 0.490 e. The molecule has 1 amide bonds. The summed E-state index contributed by atoms with van der Waals surface area (Å²) in [5.74, 6) is -8.87. The summed E-state index contributed by atoms with van der Waals surface area (Å²) in [6, 6.07) is 9.06. The lowest BCUT2D eigenvalue weighted by molar-refractivity contribution is -0.193. The highest BCUT2D eigenvalue weighted by Crippen LogP contribution is 2.33. The number of H-pyrrole nitrogens is 1. The van der Waals surface area contributed by atoms with Gasteiger partial charge in [-0.1, -0.05) is 23.7 Å². The number of nitrogens with two attached hydrogens (primary N) is 1. The number of anilines is 1. The molecule has 52 heavy (non-hydrogen) atoms. The number of ether oxygens (including phenoxy) is 1. The summed E-state index contributed by atoms with van der Waals surface area (Å²) in [6.45, 7) is 1.02. The van der Waals surface area contributed by atoms with Crippen molar-refractivity contribution in [2.45, 2.75) is 31.0 Å². The van der Waals surface area contributed by atoms with E-state index in [1.54, 1.807) is 24.4 Å². The first-order valence-corrected chi connectivity index (χ1v) is 13.9. The number of rotatable bonds is 9. The largest absolute Gasteiger partial charge is 0.490 e. The van der Waals surface area contributed by atoms with Gasteiger partial charge < -0.3 is 36.0 Å². The van der Waals surface area contributed by atoms with E-state index in [0.29, 0.717) is 41.5 Å².